The second kappa shape index (κ2) is 9.81. The first-order valence-corrected chi connectivity index (χ1v) is 13.5. The van der Waals surface area contributed by atoms with Crippen LogP contribution in [0.3, 0.4) is 0 Å². The van der Waals surface area contributed by atoms with Gasteiger partial charge < -0.3 is 20.3 Å². The van der Waals surface area contributed by atoms with Gasteiger partial charge in [-0.25, -0.2) is 24.6 Å². The van der Waals surface area contributed by atoms with Gasteiger partial charge in [0, 0.05) is 37.9 Å². The lowest BCUT2D eigenvalue weighted by molar-refractivity contribution is -0.119. The maximum Gasteiger partial charge on any atom is 0.243 e. The van der Waals surface area contributed by atoms with E-state index >= 15 is 0 Å². The molecule has 2 aliphatic heterocycles. The Hall–Kier alpha value is -5.13. The van der Waals surface area contributed by atoms with E-state index in [-0.39, 0.29) is 11.9 Å². The Balaban J connectivity index is 1.09. The lowest BCUT2D eigenvalue weighted by Gasteiger charge is -2.53. The molecule has 12 nitrogen and oxygen atoms in total. The fourth-order valence-corrected chi connectivity index (χ4v) is 5.79. The topological polar surface area (TPSA) is 136 Å². The van der Waals surface area contributed by atoms with Crippen molar-refractivity contribution < 1.29 is 9.53 Å². The second-order valence-corrected chi connectivity index (χ2v) is 10.6. The van der Waals surface area contributed by atoms with Crippen molar-refractivity contribution in [3.63, 3.8) is 0 Å². The number of nitrogens with one attached hydrogen (secondary N) is 2. The van der Waals surface area contributed by atoms with Gasteiger partial charge in [-0.2, -0.15) is 0 Å². The van der Waals surface area contributed by atoms with Crippen LogP contribution in [0.1, 0.15) is 12.0 Å². The number of piperidine rings is 2. The molecule has 5 aromatic rings. The number of carbonyl (C=O) groups excluding carboxylic acids is 1. The van der Waals surface area contributed by atoms with Crippen molar-refractivity contribution in [2.24, 2.45) is 18.9 Å². The molecule has 2 aromatic carbocycles. The SMILES string of the molecule is C=CC(=O)NC1[C@@H]2C[C@H]1CN(c1ncc3ncnc(Nc4ccc(Oc5ccc6c(c5)nnn6C)c(C)c4)c3n1)C2. The molecule has 3 aliphatic rings. The lowest BCUT2D eigenvalue weighted by Crippen LogP contribution is -2.64. The number of ether oxygens (including phenoxy) is 1. The minimum atomic E-state index is -0.119. The Morgan fingerprint density at radius 1 is 1.10 bits per heavy atom. The highest BCUT2D eigenvalue weighted by Crippen LogP contribution is 2.41. The van der Waals surface area contributed by atoms with Crippen LogP contribution in [0.5, 0.6) is 11.5 Å². The molecule has 1 unspecified atom stereocenters. The summed E-state index contributed by atoms with van der Waals surface area (Å²) < 4.78 is 7.88. The fraction of sp³-hybridized carbons (Fsp3) is 0.276. The van der Waals surface area contributed by atoms with Crippen LogP contribution < -0.4 is 20.3 Å². The van der Waals surface area contributed by atoms with Gasteiger partial charge >= 0.3 is 0 Å². The molecule has 3 fully saturated rings. The van der Waals surface area contributed by atoms with E-state index in [9.17, 15) is 4.79 Å². The van der Waals surface area contributed by atoms with Crippen molar-refractivity contribution in [2.75, 3.05) is 23.3 Å². The van der Waals surface area contributed by atoms with Gasteiger partial charge in [-0.05, 0) is 67.2 Å². The molecule has 5 heterocycles. The van der Waals surface area contributed by atoms with E-state index in [1.807, 2.05) is 50.4 Å². The van der Waals surface area contributed by atoms with E-state index in [1.54, 1.807) is 10.9 Å². The number of fused-ring (bicyclic) bond motifs is 4. The molecule has 0 spiro atoms. The van der Waals surface area contributed by atoms with Crippen LogP contribution in [0.25, 0.3) is 22.1 Å². The standard InChI is InChI=1S/C29H28N10O2/c1-4-25(40)34-26-17-10-18(26)14-39(13-17)29-30-12-22-27(35-29)28(32-15-31-22)33-19-5-8-24(16(2)9-19)41-20-6-7-23-21(11-20)36-37-38(23)3/h4-9,11-12,15,17-18,26H,1,10,13-14H2,2-3H3,(H,34,40)(H,31,32,33)/t17-,18+,26?. The average Bonchev–Trinajstić information content (AvgIpc) is 3.36. The number of anilines is 3. The number of rotatable bonds is 7. The molecular formula is C29H28N10O2. The maximum absolute atomic E-state index is 11.8. The number of amides is 1. The monoisotopic (exact) mass is 548 g/mol. The third-order valence-electron chi connectivity index (χ3n) is 7.92. The van der Waals surface area contributed by atoms with Crippen molar-refractivity contribution in [3.8, 4) is 11.5 Å². The molecule has 2 bridgehead atoms. The number of hydrogen-bond acceptors (Lipinski definition) is 10. The summed E-state index contributed by atoms with van der Waals surface area (Å²) in [6.07, 6.45) is 5.66. The van der Waals surface area contributed by atoms with E-state index < -0.39 is 0 Å². The van der Waals surface area contributed by atoms with E-state index in [2.05, 4.69) is 47.4 Å². The zero-order valence-corrected chi connectivity index (χ0v) is 22.7. The zero-order chi connectivity index (χ0) is 28.1. The quantitative estimate of drug-likeness (QED) is 0.290. The third-order valence-corrected chi connectivity index (χ3v) is 7.92. The molecule has 3 aromatic heterocycles. The molecule has 1 saturated carbocycles. The van der Waals surface area contributed by atoms with Crippen LogP contribution in [0.15, 0.2) is 61.6 Å². The molecule has 1 aliphatic carbocycles. The zero-order valence-electron chi connectivity index (χ0n) is 22.7. The fourth-order valence-electron chi connectivity index (χ4n) is 5.79. The summed E-state index contributed by atoms with van der Waals surface area (Å²) in [5.41, 5.74) is 4.81. The van der Waals surface area contributed by atoms with E-state index in [0.29, 0.717) is 40.4 Å². The maximum atomic E-state index is 11.8. The molecule has 41 heavy (non-hydrogen) atoms. The number of aryl methyl sites for hydroxylation is 2. The van der Waals surface area contributed by atoms with Crippen LogP contribution in [-0.4, -0.2) is 60.0 Å². The van der Waals surface area contributed by atoms with Crippen molar-refractivity contribution in [2.45, 2.75) is 19.4 Å². The highest BCUT2D eigenvalue weighted by Gasteiger charge is 2.47. The van der Waals surface area contributed by atoms with Gasteiger partial charge in [0.05, 0.1) is 11.7 Å². The van der Waals surface area contributed by atoms with Crippen LogP contribution in [0.4, 0.5) is 17.5 Å². The highest BCUT2D eigenvalue weighted by molar-refractivity contribution is 5.88. The normalized spacial score (nSPS) is 19.6. The molecule has 12 heteroatoms. The summed E-state index contributed by atoms with van der Waals surface area (Å²) in [6.45, 7) is 7.12. The first kappa shape index (κ1) is 24.9. The predicted octanol–water partition coefficient (Wildman–Crippen LogP) is 3.67. The smallest absolute Gasteiger partial charge is 0.243 e. The average molecular weight is 549 g/mol. The second-order valence-electron chi connectivity index (χ2n) is 10.6. The Morgan fingerprint density at radius 3 is 2.76 bits per heavy atom. The molecule has 2 N–H and O–H groups in total. The number of benzene rings is 2. The molecule has 3 atom stereocenters. The van der Waals surface area contributed by atoms with Gasteiger partial charge in [0.15, 0.2) is 5.82 Å². The molecular weight excluding hydrogens is 520 g/mol. The predicted molar refractivity (Wildman–Crippen MR) is 154 cm³/mol. The summed E-state index contributed by atoms with van der Waals surface area (Å²) in [4.78, 5) is 32.3. The Morgan fingerprint density at radius 2 is 1.95 bits per heavy atom. The number of carbonyl (C=O) groups is 1. The van der Waals surface area contributed by atoms with Crippen molar-refractivity contribution >= 4 is 45.4 Å². The molecule has 0 radical (unpaired) electrons. The van der Waals surface area contributed by atoms with Crippen molar-refractivity contribution in [1.82, 2.24) is 40.2 Å². The van der Waals surface area contributed by atoms with E-state index in [4.69, 9.17) is 9.72 Å². The van der Waals surface area contributed by atoms with Crippen molar-refractivity contribution in [3.05, 3.63) is 67.1 Å². The van der Waals surface area contributed by atoms with Gasteiger partial charge in [0.25, 0.3) is 0 Å². The van der Waals surface area contributed by atoms with Gasteiger partial charge in [-0.3, -0.25) is 4.79 Å². The highest BCUT2D eigenvalue weighted by atomic mass is 16.5. The Labute approximate surface area is 235 Å². The van der Waals surface area contributed by atoms with E-state index in [1.165, 1.54) is 12.4 Å². The third kappa shape index (κ3) is 4.56. The molecule has 2 saturated heterocycles. The molecule has 8 rings (SSSR count). The summed E-state index contributed by atoms with van der Waals surface area (Å²) in [7, 11) is 1.86. The molecule has 1 amide bonds. The number of aromatic nitrogens is 7. The first-order valence-electron chi connectivity index (χ1n) is 13.5. The largest absolute Gasteiger partial charge is 0.457 e. The Bertz CT molecular complexity index is 1810. The Kier molecular flexibility index (Phi) is 5.95. The summed E-state index contributed by atoms with van der Waals surface area (Å²) in [5.74, 6) is 3.28. The van der Waals surface area contributed by atoms with Crippen LogP contribution >= 0.6 is 0 Å². The van der Waals surface area contributed by atoms with Crippen molar-refractivity contribution in [1.29, 1.82) is 0 Å². The summed E-state index contributed by atoms with van der Waals surface area (Å²) >= 11 is 0. The molecule has 206 valence electrons. The van der Waals surface area contributed by atoms with Crippen LogP contribution in [-0.2, 0) is 11.8 Å². The first-order chi connectivity index (χ1) is 19.9. The lowest BCUT2D eigenvalue weighted by atomic mass is 9.66. The minimum Gasteiger partial charge on any atom is -0.457 e. The van der Waals surface area contributed by atoms with Gasteiger partial charge in [0.1, 0.15) is 34.4 Å². The van der Waals surface area contributed by atoms with Gasteiger partial charge in [0.2, 0.25) is 11.9 Å². The van der Waals surface area contributed by atoms with Gasteiger partial charge in [-0.15, -0.1) is 5.10 Å². The van der Waals surface area contributed by atoms with E-state index in [0.717, 1.165) is 47.5 Å². The van der Waals surface area contributed by atoms with Gasteiger partial charge in [-0.1, -0.05) is 11.8 Å². The minimum absolute atomic E-state index is 0.119. The summed E-state index contributed by atoms with van der Waals surface area (Å²) in [5, 5.41) is 14.7. The van der Waals surface area contributed by atoms with Crippen LogP contribution in [0.2, 0.25) is 0 Å². The van der Waals surface area contributed by atoms with Crippen LogP contribution in [0, 0.1) is 18.8 Å². The number of nitrogens with zero attached hydrogens (tertiary/aromatic N) is 8. The number of hydrogen-bond donors (Lipinski definition) is 2. The summed E-state index contributed by atoms with van der Waals surface area (Å²) in [6, 6.07) is 11.8.